The van der Waals surface area contributed by atoms with Crippen molar-refractivity contribution in [3.63, 3.8) is 0 Å². The van der Waals surface area contributed by atoms with Crippen LogP contribution in [0.5, 0.6) is 0 Å². The monoisotopic (exact) mass is 246 g/mol. The summed E-state index contributed by atoms with van der Waals surface area (Å²) in [6.07, 6.45) is 4.69. The third-order valence-electron chi connectivity index (χ3n) is 4.21. The van der Waals surface area contributed by atoms with Crippen molar-refractivity contribution in [1.29, 1.82) is 0 Å². The average Bonchev–Trinajstić information content (AvgIpc) is 2.39. The van der Waals surface area contributed by atoms with E-state index in [2.05, 4.69) is 49.7 Å². The van der Waals surface area contributed by atoms with Crippen LogP contribution >= 0.6 is 0 Å². The van der Waals surface area contributed by atoms with Crippen molar-refractivity contribution >= 4 is 5.69 Å². The minimum absolute atomic E-state index is 0.519. The van der Waals surface area contributed by atoms with E-state index in [0.29, 0.717) is 5.92 Å². The highest BCUT2D eigenvalue weighted by Crippen LogP contribution is 2.27. The van der Waals surface area contributed by atoms with Gasteiger partial charge in [-0.15, -0.1) is 0 Å². The Morgan fingerprint density at radius 2 is 1.78 bits per heavy atom. The third-order valence-corrected chi connectivity index (χ3v) is 4.21. The van der Waals surface area contributed by atoms with E-state index in [-0.39, 0.29) is 0 Å². The molecule has 0 unspecified atom stereocenters. The van der Waals surface area contributed by atoms with Gasteiger partial charge in [-0.1, -0.05) is 27.7 Å². The molecule has 100 valence electrons. The Morgan fingerprint density at radius 3 is 2.22 bits per heavy atom. The summed E-state index contributed by atoms with van der Waals surface area (Å²) in [7, 11) is 0. The molecule has 0 atom stereocenters. The molecule has 0 aromatic carbocycles. The van der Waals surface area contributed by atoms with Gasteiger partial charge in [-0.2, -0.15) is 0 Å². The number of nitrogens with zero attached hydrogens (tertiary/aromatic N) is 2. The van der Waals surface area contributed by atoms with Crippen LogP contribution in [0.15, 0.2) is 18.3 Å². The van der Waals surface area contributed by atoms with Gasteiger partial charge in [0.2, 0.25) is 0 Å². The molecule has 0 radical (unpaired) electrons. The van der Waals surface area contributed by atoms with Crippen LogP contribution in [0.1, 0.15) is 52.1 Å². The molecule has 1 aliphatic rings. The first kappa shape index (κ1) is 13.4. The Hall–Kier alpha value is -1.05. The zero-order chi connectivity index (χ0) is 13.1. The van der Waals surface area contributed by atoms with E-state index in [1.807, 2.05) is 6.20 Å². The molecule has 0 saturated carbocycles. The second-order valence-electron chi connectivity index (χ2n) is 6.16. The lowest BCUT2D eigenvalue weighted by Crippen LogP contribution is -2.35. The van der Waals surface area contributed by atoms with Gasteiger partial charge in [0.15, 0.2) is 0 Å². The molecule has 0 amide bonds. The summed E-state index contributed by atoms with van der Waals surface area (Å²) >= 11 is 0. The number of hydrogen-bond donors (Lipinski definition) is 0. The van der Waals surface area contributed by atoms with Crippen LogP contribution in [-0.2, 0) is 0 Å². The molecule has 0 spiro atoms. The predicted molar refractivity (Wildman–Crippen MR) is 78.1 cm³/mol. The normalized spacial score (nSPS) is 17.8. The largest absolute Gasteiger partial charge is 0.370 e. The Labute approximate surface area is 111 Å². The minimum Gasteiger partial charge on any atom is -0.370 e. The number of piperidine rings is 1. The number of hydrogen-bond acceptors (Lipinski definition) is 2. The maximum Gasteiger partial charge on any atom is 0.0552 e. The zero-order valence-corrected chi connectivity index (χ0v) is 12.2. The quantitative estimate of drug-likeness (QED) is 0.799. The van der Waals surface area contributed by atoms with Crippen LogP contribution in [0.4, 0.5) is 5.69 Å². The number of pyridine rings is 1. The topological polar surface area (TPSA) is 16.1 Å². The van der Waals surface area contributed by atoms with Crippen molar-refractivity contribution in [1.82, 2.24) is 4.98 Å². The first-order valence-corrected chi connectivity index (χ1v) is 7.29. The van der Waals surface area contributed by atoms with E-state index < -0.39 is 0 Å². The summed E-state index contributed by atoms with van der Waals surface area (Å²) in [5.74, 6) is 2.25. The van der Waals surface area contributed by atoms with Crippen molar-refractivity contribution in [2.24, 2.45) is 11.8 Å². The average molecular weight is 246 g/mol. The summed E-state index contributed by atoms with van der Waals surface area (Å²) in [6, 6.07) is 4.41. The molecule has 1 fully saturated rings. The molecule has 0 N–H and O–H groups in total. The first-order valence-electron chi connectivity index (χ1n) is 7.29. The van der Waals surface area contributed by atoms with Gasteiger partial charge in [0.1, 0.15) is 0 Å². The van der Waals surface area contributed by atoms with Crippen LogP contribution in [0.25, 0.3) is 0 Å². The highest BCUT2D eigenvalue weighted by molar-refractivity contribution is 5.45. The van der Waals surface area contributed by atoms with E-state index >= 15 is 0 Å². The highest BCUT2D eigenvalue weighted by atomic mass is 15.1. The Kier molecular flexibility index (Phi) is 4.26. The molecule has 1 saturated heterocycles. The maximum atomic E-state index is 4.57. The van der Waals surface area contributed by atoms with Crippen LogP contribution in [0, 0.1) is 11.8 Å². The summed E-state index contributed by atoms with van der Waals surface area (Å²) in [5, 5.41) is 0. The lowest BCUT2D eigenvalue weighted by atomic mass is 9.86. The van der Waals surface area contributed by atoms with Gasteiger partial charge in [-0.05, 0) is 42.7 Å². The van der Waals surface area contributed by atoms with Gasteiger partial charge < -0.3 is 4.90 Å². The molecule has 1 aromatic rings. The molecule has 0 aliphatic carbocycles. The molecular formula is C16H26N2. The standard InChI is InChI=1S/C16H26N2/c1-12(2)14-7-9-18(10-8-14)15-5-6-16(13(3)4)17-11-15/h5-6,11-14H,7-10H2,1-4H3. The molecular weight excluding hydrogens is 220 g/mol. The van der Waals surface area contributed by atoms with Crippen molar-refractivity contribution in [2.45, 2.75) is 46.5 Å². The fraction of sp³-hybridized carbons (Fsp3) is 0.688. The Morgan fingerprint density at radius 1 is 1.11 bits per heavy atom. The smallest absolute Gasteiger partial charge is 0.0552 e. The van der Waals surface area contributed by atoms with Crippen molar-refractivity contribution in [3.8, 4) is 0 Å². The number of aromatic nitrogens is 1. The van der Waals surface area contributed by atoms with E-state index in [0.717, 1.165) is 11.8 Å². The van der Waals surface area contributed by atoms with E-state index in [1.54, 1.807) is 0 Å². The van der Waals surface area contributed by atoms with Crippen LogP contribution in [0.3, 0.4) is 0 Å². The zero-order valence-electron chi connectivity index (χ0n) is 12.2. The fourth-order valence-corrected chi connectivity index (χ4v) is 2.75. The molecule has 1 aromatic heterocycles. The van der Waals surface area contributed by atoms with E-state index in [4.69, 9.17) is 0 Å². The van der Waals surface area contributed by atoms with Crippen LogP contribution in [-0.4, -0.2) is 18.1 Å². The lowest BCUT2D eigenvalue weighted by Gasteiger charge is -2.35. The SMILES string of the molecule is CC(C)c1ccc(N2CCC(C(C)C)CC2)cn1. The van der Waals surface area contributed by atoms with Crippen LogP contribution in [0.2, 0.25) is 0 Å². The fourth-order valence-electron chi connectivity index (χ4n) is 2.75. The Balaban J connectivity index is 1.97. The second-order valence-corrected chi connectivity index (χ2v) is 6.16. The summed E-state index contributed by atoms with van der Waals surface area (Å²) in [5.41, 5.74) is 2.48. The van der Waals surface area contributed by atoms with Gasteiger partial charge in [-0.3, -0.25) is 4.98 Å². The molecule has 2 heteroatoms. The number of rotatable bonds is 3. The third kappa shape index (κ3) is 3.04. The van der Waals surface area contributed by atoms with Gasteiger partial charge in [-0.25, -0.2) is 0 Å². The summed E-state index contributed by atoms with van der Waals surface area (Å²) in [6.45, 7) is 11.4. The predicted octanol–water partition coefficient (Wildman–Crippen LogP) is 4.08. The Bertz CT molecular complexity index is 359. The molecule has 2 heterocycles. The van der Waals surface area contributed by atoms with Gasteiger partial charge in [0.25, 0.3) is 0 Å². The lowest BCUT2D eigenvalue weighted by molar-refractivity contribution is 0.311. The van der Waals surface area contributed by atoms with Crippen molar-refractivity contribution in [3.05, 3.63) is 24.0 Å². The van der Waals surface area contributed by atoms with Gasteiger partial charge in [0, 0.05) is 18.8 Å². The van der Waals surface area contributed by atoms with Crippen molar-refractivity contribution in [2.75, 3.05) is 18.0 Å². The maximum absolute atomic E-state index is 4.57. The highest BCUT2D eigenvalue weighted by Gasteiger charge is 2.21. The first-order chi connectivity index (χ1) is 8.58. The number of anilines is 1. The summed E-state index contributed by atoms with van der Waals surface area (Å²) < 4.78 is 0. The minimum atomic E-state index is 0.519. The molecule has 1 aliphatic heterocycles. The molecule has 18 heavy (non-hydrogen) atoms. The second kappa shape index (κ2) is 5.73. The molecule has 0 bridgehead atoms. The van der Waals surface area contributed by atoms with Gasteiger partial charge >= 0.3 is 0 Å². The van der Waals surface area contributed by atoms with E-state index in [9.17, 15) is 0 Å². The molecule has 2 rings (SSSR count). The van der Waals surface area contributed by atoms with E-state index in [1.165, 1.54) is 37.3 Å². The molecule has 2 nitrogen and oxygen atoms in total. The van der Waals surface area contributed by atoms with Gasteiger partial charge in [0.05, 0.1) is 11.9 Å². The van der Waals surface area contributed by atoms with Crippen molar-refractivity contribution < 1.29 is 0 Å². The summed E-state index contributed by atoms with van der Waals surface area (Å²) in [4.78, 5) is 7.05. The van der Waals surface area contributed by atoms with Crippen LogP contribution < -0.4 is 4.90 Å².